The van der Waals surface area contributed by atoms with E-state index in [9.17, 15) is 18.9 Å². The molecule has 9 nitrogen and oxygen atoms in total. The molecule has 0 rings (SSSR count). The summed E-state index contributed by atoms with van der Waals surface area (Å²) in [5.74, 6) is 3.21. The Morgan fingerprint density at radius 2 is 0.714 bits per heavy atom. The molecule has 11 unspecified atom stereocenters. The fourth-order valence-electron chi connectivity index (χ4n) is 5.41. The third kappa shape index (κ3) is 18.2. The molecule has 0 aliphatic carbocycles. The van der Waals surface area contributed by atoms with Crippen molar-refractivity contribution < 1.29 is 42.1 Å². The van der Waals surface area contributed by atoms with E-state index in [1.165, 1.54) is 6.42 Å². The Labute approximate surface area is 258 Å². The predicted octanol–water partition coefficient (Wildman–Crippen LogP) is 8.72. The molecule has 0 saturated carbocycles. The Hall–Kier alpha value is 0.180. The second-order valence-electron chi connectivity index (χ2n) is 13.2. The molecule has 0 aromatic rings. The summed E-state index contributed by atoms with van der Waals surface area (Å²) < 4.78 is 45.6. The van der Waals surface area contributed by atoms with Crippen LogP contribution in [0, 0.1) is 53.3 Å². The molecule has 0 bridgehead atoms. The molecular formula is C31H66O9P2. The number of aliphatic hydroxyl groups excluding tert-OH is 1. The Morgan fingerprint density at radius 3 is 0.952 bits per heavy atom. The molecule has 3 N–H and O–H groups in total. The van der Waals surface area contributed by atoms with Crippen LogP contribution in [0.15, 0.2) is 0 Å². The summed E-state index contributed by atoms with van der Waals surface area (Å²) in [5, 5.41) is 9.14. The summed E-state index contributed by atoms with van der Waals surface area (Å²) in [4.78, 5) is 20.2. The fourth-order valence-corrected chi connectivity index (χ4v) is 6.90. The zero-order valence-electron chi connectivity index (χ0n) is 28.4. The second-order valence-corrected chi connectivity index (χ2v) is 16.1. The number of rotatable bonds is 26. The lowest BCUT2D eigenvalue weighted by Gasteiger charge is -2.27. The first-order valence-corrected chi connectivity index (χ1v) is 19.3. The van der Waals surface area contributed by atoms with Crippen molar-refractivity contribution in [3.05, 3.63) is 0 Å². The van der Waals surface area contributed by atoms with E-state index < -0.39 is 15.6 Å². The highest BCUT2D eigenvalue weighted by molar-refractivity contribution is 7.47. The minimum absolute atomic E-state index is 0.107. The van der Waals surface area contributed by atoms with E-state index in [2.05, 4.69) is 69.2 Å². The fraction of sp³-hybridized carbons (Fsp3) is 1.00. The summed E-state index contributed by atoms with van der Waals surface area (Å²) >= 11 is 0. The molecule has 0 aliphatic heterocycles. The highest BCUT2D eigenvalue weighted by Crippen LogP contribution is 2.45. The van der Waals surface area contributed by atoms with Gasteiger partial charge in [0.2, 0.25) is 0 Å². The van der Waals surface area contributed by atoms with Crippen LogP contribution in [0.2, 0.25) is 0 Å². The van der Waals surface area contributed by atoms with Gasteiger partial charge >= 0.3 is 15.6 Å². The van der Waals surface area contributed by atoms with Gasteiger partial charge in [0.05, 0.1) is 26.4 Å². The van der Waals surface area contributed by atoms with Gasteiger partial charge in [0, 0.05) is 6.61 Å². The highest BCUT2D eigenvalue weighted by Gasteiger charge is 2.27. The molecule has 0 aromatic carbocycles. The molecule has 0 radical (unpaired) electrons. The van der Waals surface area contributed by atoms with Crippen molar-refractivity contribution in [2.24, 2.45) is 53.3 Å². The second kappa shape index (κ2) is 21.8. The molecule has 0 amide bonds. The number of phosphoric acid groups is 2. The minimum atomic E-state index is -4.12. The summed E-state index contributed by atoms with van der Waals surface area (Å²) in [6.07, 6.45) is 5.61. The minimum Gasteiger partial charge on any atom is -0.396 e. The van der Waals surface area contributed by atoms with Crippen LogP contribution in [0.1, 0.15) is 114 Å². The SMILES string of the molecule is CCCC(C)C(C)C(C)CCOP(=O)(O)OCCC(C)C(C)C(C)CCOP(=O)(O)OCCC(C)C(C)C(C)CCO. The van der Waals surface area contributed by atoms with Gasteiger partial charge in [-0.1, -0.05) is 82.1 Å². The van der Waals surface area contributed by atoms with Gasteiger partial charge in [0.15, 0.2) is 0 Å². The van der Waals surface area contributed by atoms with Crippen LogP contribution >= 0.6 is 15.6 Å². The molecular weight excluding hydrogens is 578 g/mol. The smallest absolute Gasteiger partial charge is 0.396 e. The Kier molecular flexibility index (Phi) is 21.9. The first kappa shape index (κ1) is 42.2. The highest BCUT2D eigenvalue weighted by atomic mass is 31.2. The monoisotopic (exact) mass is 644 g/mol. The van der Waals surface area contributed by atoms with Crippen molar-refractivity contribution >= 4 is 15.6 Å². The van der Waals surface area contributed by atoms with E-state index in [0.29, 0.717) is 61.2 Å². The van der Waals surface area contributed by atoms with Crippen molar-refractivity contribution in [1.29, 1.82) is 0 Å². The predicted molar refractivity (Wildman–Crippen MR) is 171 cm³/mol. The largest absolute Gasteiger partial charge is 0.472 e. The zero-order chi connectivity index (χ0) is 32.5. The van der Waals surface area contributed by atoms with Crippen LogP contribution < -0.4 is 0 Å². The molecule has 254 valence electrons. The third-order valence-electron chi connectivity index (χ3n) is 10.0. The topological polar surface area (TPSA) is 132 Å². The zero-order valence-corrected chi connectivity index (χ0v) is 30.2. The number of aliphatic hydroxyl groups is 1. The summed E-state index contributed by atoms with van der Waals surface area (Å²) in [7, 11) is -8.22. The average molecular weight is 645 g/mol. The standard InChI is InChI=1S/C31H66O9P2/c1-11-12-23(2)29(8)25(4)14-19-37-41(33,34)39-21-16-27(6)31(10)28(7)17-22-40-42(35,36)38-20-15-26(5)30(9)24(3)13-18-32/h23-32H,11-22H2,1-10H3,(H,33,34)(H,35,36). The molecule has 42 heavy (non-hydrogen) atoms. The van der Waals surface area contributed by atoms with E-state index in [-0.39, 0.29) is 50.8 Å². The van der Waals surface area contributed by atoms with Gasteiger partial charge in [-0.2, -0.15) is 0 Å². The van der Waals surface area contributed by atoms with Gasteiger partial charge in [-0.25, -0.2) is 9.13 Å². The first-order chi connectivity index (χ1) is 19.5. The molecule has 0 aromatic heterocycles. The lowest BCUT2D eigenvalue weighted by molar-refractivity contribution is 0.114. The van der Waals surface area contributed by atoms with E-state index in [1.54, 1.807) is 0 Å². The molecule has 0 saturated heterocycles. The molecule has 0 fully saturated rings. The van der Waals surface area contributed by atoms with Gasteiger partial charge in [0.25, 0.3) is 0 Å². The van der Waals surface area contributed by atoms with Crippen molar-refractivity contribution in [2.75, 3.05) is 33.0 Å². The Morgan fingerprint density at radius 1 is 0.476 bits per heavy atom. The first-order valence-electron chi connectivity index (χ1n) is 16.3. The summed E-state index contributed by atoms with van der Waals surface area (Å²) in [6.45, 7) is 22.1. The number of hydrogen-bond donors (Lipinski definition) is 3. The van der Waals surface area contributed by atoms with Crippen LogP contribution in [0.5, 0.6) is 0 Å². The van der Waals surface area contributed by atoms with Crippen molar-refractivity contribution in [2.45, 2.75) is 114 Å². The average Bonchev–Trinajstić information content (AvgIpc) is 2.91. The lowest BCUT2D eigenvalue weighted by Crippen LogP contribution is -2.20. The summed E-state index contributed by atoms with van der Waals surface area (Å²) in [5.41, 5.74) is 0. The molecule has 11 heteroatoms. The van der Waals surface area contributed by atoms with Crippen LogP contribution in [-0.4, -0.2) is 47.9 Å². The van der Waals surface area contributed by atoms with E-state index in [4.69, 9.17) is 23.2 Å². The molecule has 0 heterocycles. The van der Waals surface area contributed by atoms with Crippen molar-refractivity contribution in [3.8, 4) is 0 Å². The Balaban J connectivity index is 4.33. The normalized spacial score (nSPS) is 21.7. The molecule has 0 aliphatic rings. The maximum absolute atomic E-state index is 12.3. The van der Waals surface area contributed by atoms with Crippen molar-refractivity contribution in [1.82, 2.24) is 0 Å². The van der Waals surface area contributed by atoms with Gasteiger partial charge in [-0.15, -0.1) is 0 Å². The quantitative estimate of drug-likeness (QED) is 0.0791. The van der Waals surface area contributed by atoms with E-state index >= 15 is 0 Å². The third-order valence-corrected chi connectivity index (χ3v) is 12.1. The van der Waals surface area contributed by atoms with Gasteiger partial charge in [-0.05, 0) is 85.4 Å². The number of phosphoric ester groups is 2. The van der Waals surface area contributed by atoms with Crippen LogP contribution in [0.25, 0.3) is 0 Å². The van der Waals surface area contributed by atoms with Crippen LogP contribution in [0.3, 0.4) is 0 Å². The van der Waals surface area contributed by atoms with E-state index in [1.807, 2.05) is 0 Å². The Bertz CT molecular complexity index is 722. The number of hydrogen-bond acceptors (Lipinski definition) is 7. The lowest BCUT2D eigenvalue weighted by atomic mass is 9.81. The maximum Gasteiger partial charge on any atom is 0.472 e. The van der Waals surface area contributed by atoms with Gasteiger partial charge in [-0.3, -0.25) is 18.1 Å². The maximum atomic E-state index is 12.3. The molecule has 11 atom stereocenters. The van der Waals surface area contributed by atoms with Crippen LogP contribution in [0.4, 0.5) is 0 Å². The van der Waals surface area contributed by atoms with Crippen LogP contribution in [-0.2, 0) is 27.2 Å². The van der Waals surface area contributed by atoms with Gasteiger partial charge in [0.1, 0.15) is 0 Å². The summed E-state index contributed by atoms with van der Waals surface area (Å²) in [6, 6.07) is 0. The van der Waals surface area contributed by atoms with E-state index in [0.717, 1.165) is 12.8 Å². The van der Waals surface area contributed by atoms with Gasteiger partial charge < -0.3 is 14.9 Å². The molecule has 0 spiro atoms. The van der Waals surface area contributed by atoms with Crippen molar-refractivity contribution in [3.63, 3.8) is 0 Å².